The molecule has 1 aromatic heterocycles. The maximum absolute atomic E-state index is 12.1. The van der Waals surface area contributed by atoms with E-state index in [0.717, 1.165) is 12.8 Å². The van der Waals surface area contributed by atoms with Gasteiger partial charge in [0.05, 0.1) is 0 Å². The third-order valence-electron chi connectivity index (χ3n) is 3.21. The first kappa shape index (κ1) is 11.9. The van der Waals surface area contributed by atoms with Gasteiger partial charge in [-0.3, -0.25) is 4.79 Å². The van der Waals surface area contributed by atoms with Crippen molar-refractivity contribution in [2.75, 3.05) is 13.6 Å². The van der Waals surface area contributed by atoms with Crippen LogP contribution in [0, 0.1) is 5.92 Å². The van der Waals surface area contributed by atoms with Crippen molar-refractivity contribution >= 4 is 5.91 Å². The van der Waals surface area contributed by atoms with Crippen molar-refractivity contribution in [2.45, 2.75) is 18.9 Å². The number of carbonyl (C=O) groups excluding carboxylic acids is 1. The highest BCUT2D eigenvalue weighted by atomic mass is 16.3. The number of nitrogens with two attached hydrogens (primary N) is 1. The van der Waals surface area contributed by atoms with Crippen molar-refractivity contribution in [1.29, 1.82) is 0 Å². The van der Waals surface area contributed by atoms with Gasteiger partial charge in [0, 0.05) is 25.8 Å². The molecule has 1 aromatic rings. The summed E-state index contributed by atoms with van der Waals surface area (Å²) < 4.78 is 0. The maximum Gasteiger partial charge on any atom is 0.276 e. The number of aromatic hydroxyl groups is 1. The molecule has 1 unspecified atom stereocenters. The van der Waals surface area contributed by atoms with E-state index in [2.05, 4.69) is 4.98 Å². The number of rotatable bonds is 4. The first-order valence-corrected chi connectivity index (χ1v) is 5.76. The van der Waals surface area contributed by atoms with Crippen molar-refractivity contribution in [2.24, 2.45) is 11.7 Å². The Labute approximate surface area is 100 Å². The van der Waals surface area contributed by atoms with Crippen LogP contribution in [0.1, 0.15) is 23.3 Å². The normalized spacial score (nSPS) is 16.6. The van der Waals surface area contributed by atoms with Gasteiger partial charge in [-0.05, 0) is 30.9 Å². The number of carbonyl (C=O) groups is 1. The SMILES string of the molecule is CN(C(=O)c1ncccc1O)C(CN)C1CC1. The van der Waals surface area contributed by atoms with Gasteiger partial charge in [0.25, 0.3) is 5.91 Å². The van der Waals surface area contributed by atoms with E-state index in [0.29, 0.717) is 12.5 Å². The lowest BCUT2D eigenvalue weighted by atomic mass is 10.1. The van der Waals surface area contributed by atoms with E-state index in [-0.39, 0.29) is 23.4 Å². The highest BCUT2D eigenvalue weighted by Crippen LogP contribution is 2.35. The van der Waals surface area contributed by atoms with Crippen LogP contribution in [0.15, 0.2) is 18.3 Å². The Morgan fingerprint density at radius 3 is 2.94 bits per heavy atom. The van der Waals surface area contributed by atoms with Gasteiger partial charge < -0.3 is 15.7 Å². The smallest absolute Gasteiger partial charge is 0.276 e. The predicted octanol–water partition coefficient (Wildman–Crippen LogP) is 0.596. The molecule has 0 aromatic carbocycles. The molecule has 0 saturated heterocycles. The lowest BCUT2D eigenvalue weighted by Gasteiger charge is -2.26. The van der Waals surface area contributed by atoms with Gasteiger partial charge in [0.2, 0.25) is 0 Å². The van der Waals surface area contributed by atoms with Gasteiger partial charge in [-0.2, -0.15) is 0 Å². The second-order valence-electron chi connectivity index (χ2n) is 4.43. The molecule has 0 spiro atoms. The Kier molecular flexibility index (Phi) is 3.28. The van der Waals surface area contributed by atoms with E-state index in [1.807, 2.05) is 0 Å². The summed E-state index contributed by atoms with van der Waals surface area (Å²) in [6, 6.07) is 3.10. The van der Waals surface area contributed by atoms with Gasteiger partial charge >= 0.3 is 0 Å². The second-order valence-corrected chi connectivity index (χ2v) is 4.43. The largest absolute Gasteiger partial charge is 0.505 e. The quantitative estimate of drug-likeness (QED) is 0.800. The molecule has 3 N–H and O–H groups in total. The number of amides is 1. The zero-order chi connectivity index (χ0) is 12.4. The number of aromatic nitrogens is 1. The summed E-state index contributed by atoms with van der Waals surface area (Å²) in [6.07, 6.45) is 3.73. The van der Waals surface area contributed by atoms with Crippen molar-refractivity contribution in [1.82, 2.24) is 9.88 Å². The molecule has 17 heavy (non-hydrogen) atoms. The number of hydrogen-bond acceptors (Lipinski definition) is 4. The molecule has 1 heterocycles. The van der Waals surface area contributed by atoms with Crippen molar-refractivity contribution in [3.63, 3.8) is 0 Å². The van der Waals surface area contributed by atoms with Crippen LogP contribution < -0.4 is 5.73 Å². The highest BCUT2D eigenvalue weighted by molar-refractivity contribution is 5.94. The molecule has 92 valence electrons. The van der Waals surface area contributed by atoms with Crippen LogP contribution in [-0.2, 0) is 0 Å². The average Bonchev–Trinajstić information content (AvgIpc) is 3.14. The van der Waals surface area contributed by atoms with E-state index in [9.17, 15) is 9.90 Å². The average molecular weight is 235 g/mol. The van der Waals surface area contributed by atoms with Gasteiger partial charge in [0.1, 0.15) is 5.75 Å². The number of hydrogen-bond donors (Lipinski definition) is 2. The first-order valence-electron chi connectivity index (χ1n) is 5.76. The van der Waals surface area contributed by atoms with Crippen molar-refractivity contribution in [3.8, 4) is 5.75 Å². The van der Waals surface area contributed by atoms with Crippen LogP contribution in [0.2, 0.25) is 0 Å². The van der Waals surface area contributed by atoms with E-state index in [1.165, 1.54) is 12.3 Å². The molecule has 1 saturated carbocycles. The van der Waals surface area contributed by atoms with E-state index < -0.39 is 0 Å². The molecule has 0 bridgehead atoms. The summed E-state index contributed by atoms with van der Waals surface area (Å²) in [5.74, 6) is 0.140. The lowest BCUT2D eigenvalue weighted by Crippen LogP contribution is -2.43. The van der Waals surface area contributed by atoms with Crippen LogP contribution in [0.4, 0.5) is 0 Å². The Morgan fingerprint density at radius 1 is 1.71 bits per heavy atom. The van der Waals surface area contributed by atoms with Crippen molar-refractivity contribution < 1.29 is 9.90 Å². The Bertz CT molecular complexity index is 418. The fourth-order valence-electron chi connectivity index (χ4n) is 2.03. The van der Waals surface area contributed by atoms with Crippen LogP contribution in [0.3, 0.4) is 0 Å². The maximum atomic E-state index is 12.1. The molecule has 1 atom stereocenters. The zero-order valence-corrected chi connectivity index (χ0v) is 9.84. The van der Waals surface area contributed by atoms with Crippen LogP contribution in [0.5, 0.6) is 5.75 Å². The van der Waals surface area contributed by atoms with E-state index >= 15 is 0 Å². The van der Waals surface area contributed by atoms with Crippen LogP contribution >= 0.6 is 0 Å². The Morgan fingerprint density at radius 2 is 2.41 bits per heavy atom. The Balaban J connectivity index is 2.16. The second kappa shape index (κ2) is 4.71. The zero-order valence-electron chi connectivity index (χ0n) is 9.84. The fourth-order valence-corrected chi connectivity index (χ4v) is 2.03. The summed E-state index contributed by atoms with van der Waals surface area (Å²) in [7, 11) is 1.71. The fraction of sp³-hybridized carbons (Fsp3) is 0.500. The van der Waals surface area contributed by atoms with Crippen molar-refractivity contribution in [3.05, 3.63) is 24.0 Å². The molecule has 1 fully saturated rings. The Hall–Kier alpha value is -1.62. The molecule has 0 radical (unpaired) electrons. The first-order chi connectivity index (χ1) is 8.15. The summed E-state index contributed by atoms with van der Waals surface area (Å²) in [6.45, 7) is 0.445. The van der Waals surface area contributed by atoms with Gasteiger partial charge in [0.15, 0.2) is 5.69 Å². The molecule has 5 nitrogen and oxygen atoms in total. The third kappa shape index (κ3) is 2.39. The molecule has 5 heteroatoms. The summed E-state index contributed by atoms with van der Waals surface area (Å²) in [4.78, 5) is 17.7. The van der Waals surface area contributed by atoms with Crippen LogP contribution in [0.25, 0.3) is 0 Å². The number of pyridine rings is 1. The molecule has 1 amide bonds. The minimum atomic E-state index is -0.273. The predicted molar refractivity (Wildman–Crippen MR) is 63.6 cm³/mol. The summed E-state index contributed by atoms with van der Waals surface area (Å²) in [5, 5.41) is 9.60. The topological polar surface area (TPSA) is 79.5 Å². The lowest BCUT2D eigenvalue weighted by molar-refractivity contribution is 0.0709. The third-order valence-corrected chi connectivity index (χ3v) is 3.21. The minimum absolute atomic E-state index is 0.0453. The number of nitrogens with zero attached hydrogens (tertiary/aromatic N) is 2. The van der Waals surface area contributed by atoms with E-state index in [1.54, 1.807) is 18.0 Å². The summed E-state index contributed by atoms with van der Waals surface area (Å²) in [5.41, 5.74) is 5.78. The monoisotopic (exact) mass is 235 g/mol. The standard InChI is InChI=1S/C12H17N3O2/c1-15(9(7-13)8-4-5-8)12(17)11-10(16)3-2-6-14-11/h2-3,6,8-9,16H,4-5,7,13H2,1H3. The van der Waals surface area contributed by atoms with Gasteiger partial charge in [-0.15, -0.1) is 0 Å². The molecular formula is C12H17N3O2. The molecule has 2 rings (SSSR count). The minimum Gasteiger partial charge on any atom is -0.505 e. The summed E-state index contributed by atoms with van der Waals surface area (Å²) >= 11 is 0. The van der Waals surface area contributed by atoms with Crippen LogP contribution in [-0.4, -0.2) is 40.5 Å². The van der Waals surface area contributed by atoms with E-state index in [4.69, 9.17) is 5.73 Å². The molecular weight excluding hydrogens is 218 g/mol. The van der Waals surface area contributed by atoms with Gasteiger partial charge in [-0.1, -0.05) is 0 Å². The molecule has 1 aliphatic rings. The van der Waals surface area contributed by atoms with Gasteiger partial charge in [-0.25, -0.2) is 4.98 Å². The highest BCUT2D eigenvalue weighted by Gasteiger charge is 2.35. The molecule has 1 aliphatic carbocycles. The molecule has 0 aliphatic heterocycles. The number of likely N-dealkylation sites (N-methyl/N-ethyl adjacent to an activating group) is 1.